The van der Waals surface area contributed by atoms with Gasteiger partial charge in [0.2, 0.25) is 0 Å². The Balaban J connectivity index is 1.79. The van der Waals surface area contributed by atoms with E-state index in [1.165, 1.54) is 12.4 Å². The van der Waals surface area contributed by atoms with Gasteiger partial charge in [0.1, 0.15) is 11.9 Å². The van der Waals surface area contributed by atoms with Gasteiger partial charge in [-0.15, -0.1) is 10.2 Å². The van der Waals surface area contributed by atoms with Gasteiger partial charge in [-0.3, -0.25) is 4.79 Å². The minimum absolute atomic E-state index is 0.0799. The van der Waals surface area contributed by atoms with E-state index in [-0.39, 0.29) is 23.5 Å². The summed E-state index contributed by atoms with van der Waals surface area (Å²) in [6, 6.07) is 3.97. The Hall–Kier alpha value is -3.32. The number of nitrogens with zero attached hydrogens (tertiary/aromatic N) is 5. The number of carbonyl (C=O) groups is 1. The molecule has 0 unspecified atom stereocenters. The molecule has 1 aliphatic carbocycles. The lowest BCUT2D eigenvalue weighted by molar-refractivity contribution is 0.0995. The smallest absolute Gasteiger partial charge is 0.271 e. The van der Waals surface area contributed by atoms with E-state index in [0.717, 1.165) is 25.7 Å². The number of nitriles is 1. The van der Waals surface area contributed by atoms with Crippen LogP contribution in [0, 0.1) is 11.3 Å². The third-order valence-electron chi connectivity index (χ3n) is 4.18. The van der Waals surface area contributed by atoms with Crippen molar-refractivity contribution in [1.29, 1.82) is 5.26 Å². The van der Waals surface area contributed by atoms with Gasteiger partial charge in [-0.25, -0.2) is 9.97 Å². The Labute approximate surface area is 150 Å². The van der Waals surface area contributed by atoms with Crippen LogP contribution in [-0.2, 0) is 0 Å². The van der Waals surface area contributed by atoms with Gasteiger partial charge >= 0.3 is 0 Å². The molecule has 0 aromatic carbocycles. The third kappa shape index (κ3) is 4.20. The van der Waals surface area contributed by atoms with Gasteiger partial charge in [-0.05, 0) is 25.7 Å². The summed E-state index contributed by atoms with van der Waals surface area (Å²) in [6.45, 7) is 0. The summed E-state index contributed by atoms with van der Waals surface area (Å²) in [6.07, 6.45) is 6.43. The lowest BCUT2D eigenvalue weighted by atomic mass is 9.91. The number of rotatable bonds is 5. The zero-order valence-corrected chi connectivity index (χ0v) is 14.0. The molecule has 10 heteroatoms. The molecule has 10 nitrogen and oxygen atoms in total. The summed E-state index contributed by atoms with van der Waals surface area (Å²) < 4.78 is 0. The van der Waals surface area contributed by atoms with E-state index in [2.05, 4.69) is 30.8 Å². The molecule has 0 atom stereocenters. The maximum atomic E-state index is 11.6. The van der Waals surface area contributed by atoms with Gasteiger partial charge in [0.05, 0.1) is 18.1 Å². The fourth-order valence-corrected chi connectivity index (χ4v) is 2.81. The molecule has 1 amide bonds. The minimum atomic E-state index is -0.655. The van der Waals surface area contributed by atoms with Gasteiger partial charge in [0.25, 0.3) is 5.91 Å². The molecule has 1 saturated carbocycles. The van der Waals surface area contributed by atoms with Crippen LogP contribution in [0.2, 0.25) is 0 Å². The first-order valence-electron chi connectivity index (χ1n) is 8.24. The number of amides is 1. The van der Waals surface area contributed by atoms with Crippen molar-refractivity contribution in [3.63, 3.8) is 0 Å². The van der Waals surface area contributed by atoms with E-state index in [4.69, 9.17) is 16.7 Å². The van der Waals surface area contributed by atoms with Crippen molar-refractivity contribution >= 4 is 23.2 Å². The molecule has 1 aliphatic rings. The van der Waals surface area contributed by atoms with E-state index in [1.807, 2.05) is 6.07 Å². The summed E-state index contributed by atoms with van der Waals surface area (Å²) in [7, 11) is 0. The van der Waals surface area contributed by atoms with Crippen molar-refractivity contribution < 1.29 is 4.79 Å². The number of nitrogens with one attached hydrogen (secondary N) is 2. The van der Waals surface area contributed by atoms with E-state index in [1.54, 1.807) is 6.07 Å². The van der Waals surface area contributed by atoms with Crippen molar-refractivity contribution in [2.24, 2.45) is 11.5 Å². The van der Waals surface area contributed by atoms with Crippen LogP contribution in [0.1, 0.15) is 41.9 Å². The van der Waals surface area contributed by atoms with E-state index < -0.39 is 5.91 Å². The highest BCUT2D eigenvalue weighted by molar-refractivity contribution is 5.96. The Morgan fingerprint density at radius 2 is 1.92 bits per heavy atom. The molecule has 3 rings (SSSR count). The van der Waals surface area contributed by atoms with Gasteiger partial charge in [0, 0.05) is 18.2 Å². The molecule has 2 aromatic heterocycles. The van der Waals surface area contributed by atoms with Crippen molar-refractivity contribution in [1.82, 2.24) is 20.2 Å². The molecule has 0 spiro atoms. The molecule has 6 N–H and O–H groups in total. The maximum Gasteiger partial charge on any atom is 0.271 e. The van der Waals surface area contributed by atoms with Crippen molar-refractivity contribution in [3.05, 3.63) is 29.8 Å². The predicted molar refractivity (Wildman–Crippen MR) is 94.4 cm³/mol. The standard InChI is InChI=1S/C16H19N9O/c17-6-11-7-21-14(8-20-11)23-13-5-12(15(16(19)26)25-24-13)22-10-3-1-9(18)2-4-10/h5,7-10H,1-4,18H2,(H2,19,26)(H2,21,22,23,24). The molecule has 26 heavy (non-hydrogen) atoms. The molecule has 0 aliphatic heterocycles. The van der Waals surface area contributed by atoms with Crippen molar-refractivity contribution in [2.75, 3.05) is 10.6 Å². The van der Waals surface area contributed by atoms with Crippen LogP contribution in [-0.4, -0.2) is 38.2 Å². The SMILES string of the molecule is N#Cc1cnc(Nc2cc(NC3CCC(N)CC3)c(C(N)=O)nn2)cn1. The number of nitrogens with two attached hydrogens (primary N) is 2. The number of anilines is 3. The van der Waals surface area contributed by atoms with E-state index in [9.17, 15) is 4.79 Å². The zero-order chi connectivity index (χ0) is 18.5. The summed E-state index contributed by atoms with van der Waals surface area (Å²) in [5.74, 6) is 0.126. The minimum Gasteiger partial charge on any atom is -0.380 e. The number of hydrogen-bond donors (Lipinski definition) is 4. The largest absolute Gasteiger partial charge is 0.380 e. The highest BCUT2D eigenvalue weighted by atomic mass is 16.1. The Morgan fingerprint density at radius 3 is 2.54 bits per heavy atom. The molecule has 134 valence electrons. The van der Waals surface area contributed by atoms with Crippen molar-refractivity contribution in [3.8, 4) is 6.07 Å². The van der Waals surface area contributed by atoms with Gasteiger partial charge < -0.3 is 22.1 Å². The molecule has 2 aromatic rings. The molecular weight excluding hydrogens is 334 g/mol. The monoisotopic (exact) mass is 353 g/mol. The fourth-order valence-electron chi connectivity index (χ4n) is 2.81. The maximum absolute atomic E-state index is 11.6. The number of hydrogen-bond acceptors (Lipinski definition) is 9. The lowest BCUT2D eigenvalue weighted by Gasteiger charge is -2.28. The summed E-state index contributed by atoms with van der Waals surface area (Å²) >= 11 is 0. The topological polar surface area (TPSA) is 169 Å². The molecule has 0 saturated heterocycles. The van der Waals surface area contributed by atoms with Crippen LogP contribution in [0.15, 0.2) is 18.5 Å². The highest BCUT2D eigenvalue weighted by Gasteiger charge is 2.21. The van der Waals surface area contributed by atoms with Crippen LogP contribution >= 0.6 is 0 Å². The highest BCUT2D eigenvalue weighted by Crippen LogP contribution is 2.24. The Morgan fingerprint density at radius 1 is 1.15 bits per heavy atom. The molecular formula is C16H19N9O. The average molecular weight is 353 g/mol. The zero-order valence-electron chi connectivity index (χ0n) is 14.0. The predicted octanol–water partition coefficient (Wildman–Crippen LogP) is 0.663. The summed E-state index contributed by atoms with van der Waals surface area (Å²) in [5.41, 5.74) is 12.1. The van der Waals surface area contributed by atoms with Crippen molar-refractivity contribution in [2.45, 2.75) is 37.8 Å². The quantitative estimate of drug-likeness (QED) is 0.603. The van der Waals surface area contributed by atoms with Gasteiger partial charge in [-0.1, -0.05) is 0 Å². The van der Waals surface area contributed by atoms with Crippen LogP contribution in [0.5, 0.6) is 0 Å². The Kier molecular flexibility index (Phi) is 5.19. The van der Waals surface area contributed by atoms with Gasteiger partial charge in [-0.2, -0.15) is 5.26 Å². The first kappa shape index (κ1) is 17.5. The number of primary amides is 1. The first-order valence-corrected chi connectivity index (χ1v) is 8.24. The molecule has 0 bridgehead atoms. The van der Waals surface area contributed by atoms with Crippen LogP contribution < -0.4 is 22.1 Å². The third-order valence-corrected chi connectivity index (χ3v) is 4.18. The number of aromatic nitrogens is 4. The van der Waals surface area contributed by atoms with Crippen LogP contribution in [0.3, 0.4) is 0 Å². The second-order valence-electron chi connectivity index (χ2n) is 6.14. The second kappa shape index (κ2) is 7.71. The van der Waals surface area contributed by atoms with Crippen LogP contribution in [0.4, 0.5) is 17.3 Å². The first-order chi connectivity index (χ1) is 12.5. The van der Waals surface area contributed by atoms with Crippen LogP contribution in [0.25, 0.3) is 0 Å². The number of carbonyl (C=O) groups excluding carboxylic acids is 1. The molecule has 1 fully saturated rings. The average Bonchev–Trinajstić information content (AvgIpc) is 2.64. The van der Waals surface area contributed by atoms with E-state index >= 15 is 0 Å². The molecule has 0 radical (unpaired) electrons. The van der Waals surface area contributed by atoms with Gasteiger partial charge in [0.15, 0.2) is 17.2 Å². The normalized spacial score (nSPS) is 19.4. The second-order valence-corrected chi connectivity index (χ2v) is 6.14. The van der Waals surface area contributed by atoms with E-state index in [0.29, 0.717) is 17.3 Å². The fraction of sp³-hybridized carbons (Fsp3) is 0.375. The lowest BCUT2D eigenvalue weighted by Crippen LogP contribution is -2.33. The summed E-state index contributed by atoms with van der Waals surface area (Å²) in [4.78, 5) is 19.6. The molecule has 2 heterocycles. The Bertz CT molecular complexity index is 823. The summed E-state index contributed by atoms with van der Waals surface area (Å²) in [5, 5.41) is 22.9.